The van der Waals surface area contributed by atoms with Gasteiger partial charge in [0.1, 0.15) is 0 Å². The van der Waals surface area contributed by atoms with Crippen LogP contribution in [-0.4, -0.2) is 111 Å². The molecule has 0 spiro atoms. The minimum absolute atomic E-state index is 0.00805. The van der Waals surface area contributed by atoms with Crippen LogP contribution in [0.5, 0.6) is 0 Å². The van der Waals surface area contributed by atoms with E-state index in [1.54, 1.807) is 32.7 Å². The number of esters is 6. The summed E-state index contributed by atoms with van der Waals surface area (Å²) in [7, 11) is 1.70. The quantitative estimate of drug-likeness (QED) is 0.112. The van der Waals surface area contributed by atoms with E-state index in [1.807, 2.05) is 0 Å². The number of ether oxygens (including phenoxy) is 6. The first kappa shape index (κ1) is 39.7. The molecule has 0 aliphatic carbocycles. The summed E-state index contributed by atoms with van der Waals surface area (Å²) in [5.74, 6) is -3.47. The van der Waals surface area contributed by atoms with Crippen molar-refractivity contribution in [2.75, 3.05) is 46.4 Å². The molecule has 43 heavy (non-hydrogen) atoms. The van der Waals surface area contributed by atoms with Gasteiger partial charge in [0.05, 0.1) is 38.5 Å². The van der Waals surface area contributed by atoms with Gasteiger partial charge in [-0.15, -0.1) is 0 Å². The van der Waals surface area contributed by atoms with Gasteiger partial charge in [-0.05, 0) is 81.3 Å². The molecule has 0 heterocycles. The number of rotatable bonds is 21. The number of carbonyl (C=O) groups excluding carboxylic acids is 6. The minimum atomic E-state index is -1.53. The van der Waals surface area contributed by atoms with E-state index in [4.69, 9.17) is 28.4 Å². The summed E-state index contributed by atoms with van der Waals surface area (Å²) in [4.78, 5) is 73.3. The molecule has 0 aromatic heterocycles. The Kier molecular flexibility index (Phi) is 18.3. The third-order valence-electron chi connectivity index (χ3n) is 5.55. The summed E-state index contributed by atoms with van der Waals surface area (Å²) < 4.78 is 30.9. The summed E-state index contributed by atoms with van der Waals surface area (Å²) in [5, 5.41) is 2.86. The van der Waals surface area contributed by atoms with Crippen LogP contribution in [0, 0.1) is 0 Å². The number of nitrogens with zero attached hydrogens (tertiary/aromatic N) is 1. The fourth-order valence-corrected chi connectivity index (χ4v) is 3.28. The maximum absolute atomic E-state index is 12.5. The highest BCUT2D eigenvalue weighted by Crippen LogP contribution is 2.16. The molecule has 0 aliphatic rings. The molecule has 14 heteroatoms. The Hall–Kier alpha value is -3.26. The Balaban J connectivity index is 4.19. The lowest BCUT2D eigenvalue weighted by atomic mass is 10.1. The van der Waals surface area contributed by atoms with E-state index >= 15 is 0 Å². The topological polar surface area (TPSA) is 173 Å². The van der Waals surface area contributed by atoms with E-state index in [9.17, 15) is 28.8 Å². The largest absolute Gasteiger partial charge is 0.466 e. The van der Waals surface area contributed by atoms with Gasteiger partial charge in [0.25, 0.3) is 0 Å². The molecule has 14 nitrogen and oxygen atoms in total. The SMILES string of the molecule is CC(=O)OCCCN(C)CC(=O)OC(C)(C)C(=O)OC(C)CCC(=O)OCCCNCC(=O)OC(C)(C)C(=O)OC(C)C. The van der Waals surface area contributed by atoms with Crippen LogP contribution in [0.2, 0.25) is 0 Å². The zero-order valence-electron chi connectivity index (χ0n) is 27.1. The average Bonchev–Trinajstić information content (AvgIpc) is 2.86. The van der Waals surface area contributed by atoms with Gasteiger partial charge in [-0.25, -0.2) is 9.59 Å². The molecule has 1 atom stereocenters. The highest BCUT2D eigenvalue weighted by Gasteiger charge is 2.35. The molecule has 0 saturated carbocycles. The molecule has 0 aromatic rings. The van der Waals surface area contributed by atoms with E-state index in [2.05, 4.69) is 5.32 Å². The Morgan fingerprint density at radius 1 is 0.767 bits per heavy atom. The second-order valence-electron chi connectivity index (χ2n) is 11.4. The van der Waals surface area contributed by atoms with Gasteiger partial charge in [0, 0.05) is 19.9 Å². The first-order valence-corrected chi connectivity index (χ1v) is 14.4. The minimum Gasteiger partial charge on any atom is -0.466 e. The average molecular weight is 619 g/mol. The van der Waals surface area contributed by atoms with Gasteiger partial charge in [-0.2, -0.15) is 0 Å². The number of hydrogen-bond donors (Lipinski definition) is 1. The molecule has 0 amide bonds. The van der Waals surface area contributed by atoms with Crippen molar-refractivity contribution in [2.45, 2.75) is 104 Å². The predicted molar refractivity (Wildman–Crippen MR) is 154 cm³/mol. The van der Waals surface area contributed by atoms with Crippen molar-refractivity contribution >= 4 is 35.8 Å². The molecule has 1 unspecified atom stereocenters. The lowest BCUT2D eigenvalue weighted by molar-refractivity contribution is -0.182. The first-order valence-electron chi connectivity index (χ1n) is 14.4. The zero-order valence-corrected chi connectivity index (χ0v) is 27.1. The van der Waals surface area contributed by atoms with E-state index in [-0.39, 0.29) is 51.2 Å². The second kappa shape index (κ2) is 19.8. The number of hydrogen-bond acceptors (Lipinski definition) is 14. The van der Waals surface area contributed by atoms with E-state index in [1.165, 1.54) is 34.6 Å². The van der Waals surface area contributed by atoms with Crippen LogP contribution in [0.15, 0.2) is 0 Å². The second-order valence-corrected chi connectivity index (χ2v) is 11.4. The fourth-order valence-electron chi connectivity index (χ4n) is 3.28. The van der Waals surface area contributed by atoms with Gasteiger partial charge in [0.2, 0.25) is 11.2 Å². The molecule has 0 rings (SSSR count). The Morgan fingerprint density at radius 3 is 1.91 bits per heavy atom. The molecule has 0 radical (unpaired) electrons. The first-order chi connectivity index (χ1) is 19.9. The molecule has 248 valence electrons. The zero-order chi connectivity index (χ0) is 33.2. The van der Waals surface area contributed by atoms with Crippen LogP contribution in [0.25, 0.3) is 0 Å². The van der Waals surface area contributed by atoms with Crippen LogP contribution in [0.4, 0.5) is 0 Å². The Bertz CT molecular complexity index is 932. The van der Waals surface area contributed by atoms with Crippen molar-refractivity contribution in [3.05, 3.63) is 0 Å². The van der Waals surface area contributed by atoms with Crippen molar-refractivity contribution < 1.29 is 57.2 Å². The van der Waals surface area contributed by atoms with Crippen molar-refractivity contribution in [3.8, 4) is 0 Å². The van der Waals surface area contributed by atoms with Crippen molar-refractivity contribution in [2.24, 2.45) is 0 Å². The lowest BCUT2D eigenvalue weighted by Gasteiger charge is -2.26. The third-order valence-corrected chi connectivity index (χ3v) is 5.55. The van der Waals surface area contributed by atoms with Crippen molar-refractivity contribution in [1.29, 1.82) is 0 Å². The van der Waals surface area contributed by atoms with E-state index in [0.717, 1.165) is 0 Å². The van der Waals surface area contributed by atoms with Crippen LogP contribution >= 0.6 is 0 Å². The molecule has 0 aromatic carbocycles. The van der Waals surface area contributed by atoms with Gasteiger partial charge < -0.3 is 33.7 Å². The molecule has 0 bridgehead atoms. The summed E-state index contributed by atoms with van der Waals surface area (Å²) in [6, 6.07) is 0. The molecule has 0 fully saturated rings. The third kappa shape index (κ3) is 19.5. The van der Waals surface area contributed by atoms with Crippen LogP contribution in [0.3, 0.4) is 0 Å². The number of carbonyl (C=O) groups is 6. The van der Waals surface area contributed by atoms with Crippen LogP contribution in [0.1, 0.15) is 81.1 Å². The Morgan fingerprint density at radius 2 is 1.33 bits per heavy atom. The van der Waals surface area contributed by atoms with Gasteiger partial charge in [-0.1, -0.05) is 0 Å². The van der Waals surface area contributed by atoms with Gasteiger partial charge in [0.15, 0.2) is 0 Å². The number of nitrogens with one attached hydrogen (secondary N) is 1. The monoisotopic (exact) mass is 618 g/mol. The molecule has 0 aliphatic heterocycles. The van der Waals surface area contributed by atoms with E-state index in [0.29, 0.717) is 25.9 Å². The van der Waals surface area contributed by atoms with Crippen LogP contribution in [-0.2, 0) is 57.2 Å². The highest BCUT2D eigenvalue weighted by molar-refractivity contribution is 5.84. The Labute approximate surface area is 254 Å². The maximum Gasteiger partial charge on any atom is 0.350 e. The van der Waals surface area contributed by atoms with Crippen LogP contribution < -0.4 is 5.32 Å². The summed E-state index contributed by atoms with van der Waals surface area (Å²) >= 11 is 0. The molecular formula is C29H50N2O12. The smallest absolute Gasteiger partial charge is 0.350 e. The summed E-state index contributed by atoms with van der Waals surface area (Å²) in [5.41, 5.74) is -2.94. The molecule has 1 N–H and O–H groups in total. The van der Waals surface area contributed by atoms with Gasteiger partial charge in [-0.3, -0.25) is 24.1 Å². The fraction of sp³-hybridized carbons (Fsp3) is 0.793. The summed E-state index contributed by atoms with van der Waals surface area (Å²) in [6.45, 7) is 13.1. The van der Waals surface area contributed by atoms with E-state index < -0.39 is 47.2 Å². The maximum atomic E-state index is 12.5. The number of likely N-dealkylation sites (N-methyl/N-ethyl adjacent to an activating group) is 1. The lowest BCUT2D eigenvalue weighted by Crippen LogP contribution is -2.42. The molecule has 0 saturated heterocycles. The van der Waals surface area contributed by atoms with Gasteiger partial charge >= 0.3 is 35.8 Å². The molecular weight excluding hydrogens is 568 g/mol. The normalized spacial score (nSPS) is 12.3. The standard InChI is InChI=1S/C29H50N2O12/c1-20(2)40-26(36)28(5,6)42-24(34)18-30-14-10-16-39-23(33)13-12-21(3)41-27(37)29(7,8)43-25(35)19-31(9)15-11-17-38-22(4)32/h20-21,30H,10-19H2,1-9H3. The highest BCUT2D eigenvalue weighted by atomic mass is 16.6. The van der Waals surface area contributed by atoms with Crippen molar-refractivity contribution in [1.82, 2.24) is 10.2 Å². The van der Waals surface area contributed by atoms with Crippen molar-refractivity contribution in [3.63, 3.8) is 0 Å². The predicted octanol–water partition coefficient (Wildman–Crippen LogP) is 1.70. The summed E-state index contributed by atoms with van der Waals surface area (Å²) in [6.07, 6.45) is 0.234.